The molecule has 1 atom stereocenters. The minimum Gasteiger partial charge on any atom is -0.468 e. The molecule has 1 aromatic heterocycles. The summed E-state index contributed by atoms with van der Waals surface area (Å²) in [7, 11) is 3.92. The summed E-state index contributed by atoms with van der Waals surface area (Å²) in [6, 6.07) is 17.9. The lowest BCUT2D eigenvalue weighted by Crippen LogP contribution is -2.40. The van der Waals surface area contributed by atoms with Crippen LogP contribution in [0.1, 0.15) is 17.4 Å². The van der Waals surface area contributed by atoms with Gasteiger partial charge in [-0.3, -0.25) is 4.90 Å². The van der Waals surface area contributed by atoms with E-state index in [-0.39, 0.29) is 12.1 Å². The number of furan rings is 1. The van der Waals surface area contributed by atoms with Crippen molar-refractivity contribution in [3.05, 3.63) is 72.2 Å². The third-order valence-corrected chi connectivity index (χ3v) is 4.27. The van der Waals surface area contributed by atoms with Crippen molar-refractivity contribution in [2.45, 2.75) is 12.6 Å². The number of benzene rings is 2. The quantitative estimate of drug-likeness (QED) is 0.723. The average molecular weight is 337 g/mol. The summed E-state index contributed by atoms with van der Waals surface area (Å²) in [5, 5.41) is 8.18. The van der Waals surface area contributed by atoms with Gasteiger partial charge in [-0.2, -0.15) is 0 Å². The number of nitrogens with zero attached hydrogens (tertiary/aromatic N) is 1. The Kier molecular flexibility index (Phi) is 5.36. The van der Waals surface area contributed by atoms with Gasteiger partial charge in [0.2, 0.25) is 0 Å². The third kappa shape index (κ3) is 4.19. The van der Waals surface area contributed by atoms with Crippen molar-refractivity contribution in [3.63, 3.8) is 0 Å². The fraction of sp³-hybridized carbons (Fsp3) is 0.250. The smallest absolute Gasteiger partial charge is 0.315 e. The van der Waals surface area contributed by atoms with Crippen LogP contribution < -0.4 is 10.6 Å². The van der Waals surface area contributed by atoms with Gasteiger partial charge in [0.15, 0.2) is 0 Å². The van der Waals surface area contributed by atoms with E-state index in [0.29, 0.717) is 13.1 Å². The molecule has 2 N–H and O–H groups in total. The van der Waals surface area contributed by atoms with E-state index in [2.05, 4.69) is 28.8 Å². The maximum Gasteiger partial charge on any atom is 0.315 e. The van der Waals surface area contributed by atoms with Gasteiger partial charge >= 0.3 is 6.03 Å². The highest BCUT2D eigenvalue weighted by Gasteiger charge is 2.17. The number of carbonyl (C=O) groups excluding carboxylic acids is 1. The molecule has 25 heavy (non-hydrogen) atoms. The van der Waals surface area contributed by atoms with Gasteiger partial charge in [0.1, 0.15) is 5.76 Å². The normalized spacial score (nSPS) is 12.3. The Bertz CT molecular complexity index is 823. The number of hydrogen-bond acceptors (Lipinski definition) is 3. The molecular formula is C20H23N3O2. The van der Waals surface area contributed by atoms with Crippen molar-refractivity contribution in [2.75, 3.05) is 20.6 Å². The first-order valence-corrected chi connectivity index (χ1v) is 8.33. The summed E-state index contributed by atoms with van der Waals surface area (Å²) in [5.74, 6) is 0.833. The molecule has 2 aromatic carbocycles. The molecule has 0 aliphatic rings. The second-order valence-electron chi connectivity index (χ2n) is 6.20. The fourth-order valence-corrected chi connectivity index (χ4v) is 2.89. The molecule has 0 spiro atoms. The van der Waals surface area contributed by atoms with Gasteiger partial charge in [-0.25, -0.2) is 4.79 Å². The van der Waals surface area contributed by atoms with E-state index in [9.17, 15) is 4.79 Å². The molecule has 0 unspecified atom stereocenters. The first-order chi connectivity index (χ1) is 12.1. The lowest BCUT2D eigenvalue weighted by Gasteiger charge is -2.22. The summed E-state index contributed by atoms with van der Waals surface area (Å²) in [4.78, 5) is 14.2. The van der Waals surface area contributed by atoms with Crippen LogP contribution in [0.4, 0.5) is 4.79 Å². The molecule has 130 valence electrons. The first kappa shape index (κ1) is 17.0. The number of likely N-dealkylation sites (N-methyl/N-ethyl adjacent to an activating group) is 1. The lowest BCUT2D eigenvalue weighted by molar-refractivity contribution is 0.225. The van der Waals surface area contributed by atoms with Crippen molar-refractivity contribution in [2.24, 2.45) is 0 Å². The molecule has 0 radical (unpaired) electrons. The van der Waals surface area contributed by atoms with Crippen LogP contribution in [0.25, 0.3) is 10.8 Å². The highest BCUT2D eigenvalue weighted by molar-refractivity contribution is 5.86. The molecule has 5 nitrogen and oxygen atoms in total. The lowest BCUT2D eigenvalue weighted by atomic mass is 10.0. The molecule has 3 rings (SSSR count). The predicted octanol–water partition coefficient (Wildman–Crippen LogP) is 3.53. The summed E-state index contributed by atoms with van der Waals surface area (Å²) < 4.78 is 5.45. The zero-order valence-corrected chi connectivity index (χ0v) is 14.5. The van der Waals surface area contributed by atoms with Gasteiger partial charge in [0.05, 0.1) is 12.3 Å². The fourth-order valence-electron chi connectivity index (χ4n) is 2.89. The van der Waals surface area contributed by atoms with E-state index in [1.54, 1.807) is 6.26 Å². The maximum atomic E-state index is 12.2. The Morgan fingerprint density at radius 3 is 2.60 bits per heavy atom. The Balaban J connectivity index is 1.57. The van der Waals surface area contributed by atoms with Crippen LogP contribution in [0.5, 0.6) is 0 Å². The molecule has 0 aliphatic heterocycles. The summed E-state index contributed by atoms with van der Waals surface area (Å²) >= 11 is 0. The van der Waals surface area contributed by atoms with E-state index in [0.717, 1.165) is 16.7 Å². The van der Waals surface area contributed by atoms with Crippen molar-refractivity contribution in [3.8, 4) is 0 Å². The topological polar surface area (TPSA) is 57.5 Å². The standard InChI is InChI=1S/C20H23N3O2/c1-23(2)18(19-11-6-12-25-19)14-22-20(24)21-13-16-9-5-8-15-7-3-4-10-17(15)16/h3-12,18H,13-14H2,1-2H3,(H2,21,22,24)/t18-/m1/s1. The second kappa shape index (κ2) is 7.85. The van der Waals surface area contributed by atoms with Crippen LogP contribution in [-0.2, 0) is 6.54 Å². The molecule has 1 heterocycles. The largest absolute Gasteiger partial charge is 0.468 e. The van der Waals surface area contributed by atoms with E-state index in [1.165, 1.54) is 5.39 Å². The highest BCUT2D eigenvalue weighted by Crippen LogP contribution is 2.19. The molecule has 2 amide bonds. The molecule has 0 bridgehead atoms. The van der Waals surface area contributed by atoms with Gasteiger partial charge in [-0.15, -0.1) is 0 Å². The Morgan fingerprint density at radius 1 is 1.04 bits per heavy atom. The molecular weight excluding hydrogens is 314 g/mol. The first-order valence-electron chi connectivity index (χ1n) is 8.33. The van der Waals surface area contributed by atoms with Crippen LogP contribution in [0.15, 0.2) is 65.3 Å². The van der Waals surface area contributed by atoms with Gasteiger partial charge in [0, 0.05) is 13.1 Å². The van der Waals surface area contributed by atoms with Crippen molar-refractivity contribution < 1.29 is 9.21 Å². The monoisotopic (exact) mass is 337 g/mol. The van der Waals surface area contributed by atoms with Crippen molar-refractivity contribution in [1.29, 1.82) is 0 Å². The van der Waals surface area contributed by atoms with Crippen LogP contribution in [0.3, 0.4) is 0 Å². The Hall–Kier alpha value is -2.79. The van der Waals surface area contributed by atoms with Crippen molar-refractivity contribution >= 4 is 16.8 Å². The van der Waals surface area contributed by atoms with Crippen LogP contribution in [0.2, 0.25) is 0 Å². The SMILES string of the molecule is CN(C)[C@H](CNC(=O)NCc1cccc2ccccc12)c1ccco1. The molecule has 0 fully saturated rings. The zero-order chi connectivity index (χ0) is 17.6. The van der Waals surface area contributed by atoms with Crippen LogP contribution in [-0.4, -0.2) is 31.6 Å². The van der Waals surface area contributed by atoms with Crippen LogP contribution in [0, 0.1) is 0 Å². The average Bonchev–Trinajstić information content (AvgIpc) is 3.14. The number of nitrogens with one attached hydrogen (secondary N) is 2. The summed E-state index contributed by atoms with van der Waals surface area (Å²) in [6.07, 6.45) is 1.65. The van der Waals surface area contributed by atoms with Crippen molar-refractivity contribution in [1.82, 2.24) is 15.5 Å². The number of fused-ring (bicyclic) bond motifs is 1. The second-order valence-corrected chi connectivity index (χ2v) is 6.20. The highest BCUT2D eigenvalue weighted by atomic mass is 16.3. The minimum atomic E-state index is -0.189. The number of hydrogen-bond donors (Lipinski definition) is 2. The molecule has 5 heteroatoms. The van der Waals surface area contributed by atoms with Gasteiger partial charge in [0.25, 0.3) is 0 Å². The van der Waals surface area contributed by atoms with Gasteiger partial charge < -0.3 is 15.1 Å². The Morgan fingerprint density at radius 2 is 1.84 bits per heavy atom. The van der Waals surface area contributed by atoms with E-state index in [1.807, 2.05) is 55.4 Å². The Labute approximate surface area is 147 Å². The van der Waals surface area contributed by atoms with E-state index < -0.39 is 0 Å². The predicted molar refractivity (Wildman–Crippen MR) is 99.3 cm³/mol. The number of carbonyl (C=O) groups is 1. The number of urea groups is 1. The molecule has 0 aliphatic carbocycles. The third-order valence-electron chi connectivity index (χ3n) is 4.27. The van der Waals surface area contributed by atoms with Gasteiger partial charge in [-0.1, -0.05) is 42.5 Å². The summed E-state index contributed by atoms with van der Waals surface area (Å²) in [5.41, 5.74) is 1.10. The van der Waals surface area contributed by atoms with E-state index >= 15 is 0 Å². The maximum absolute atomic E-state index is 12.2. The zero-order valence-electron chi connectivity index (χ0n) is 14.5. The minimum absolute atomic E-state index is 0.00157. The number of amides is 2. The summed E-state index contributed by atoms with van der Waals surface area (Å²) in [6.45, 7) is 0.961. The van der Waals surface area contributed by atoms with Gasteiger partial charge in [-0.05, 0) is 42.6 Å². The molecule has 0 saturated carbocycles. The molecule has 0 saturated heterocycles. The van der Waals surface area contributed by atoms with Crippen LogP contribution >= 0.6 is 0 Å². The number of rotatable bonds is 6. The van der Waals surface area contributed by atoms with E-state index in [4.69, 9.17) is 4.42 Å². The molecule has 3 aromatic rings.